The van der Waals surface area contributed by atoms with E-state index >= 15 is 0 Å². The summed E-state index contributed by atoms with van der Waals surface area (Å²) in [6, 6.07) is 7.11. The highest BCUT2D eigenvalue weighted by atomic mass is 35.5. The minimum absolute atomic E-state index is 0. The summed E-state index contributed by atoms with van der Waals surface area (Å²) in [6.45, 7) is 10.2. The van der Waals surface area contributed by atoms with Gasteiger partial charge >= 0.3 is 0 Å². The van der Waals surface area contributed by atoms with Gasteiger partial charge < -0.3 is 9.64 Å². The van der Waals surface area contributed by atoms with Gasteiger partial charge in [-0.1, -0.05) is 19.1 Å². The number of piperidine rings is 1. The number of ether oxygens (including phenoxy) is 1. The van der Waals surface area contributed by atoms with Crippen molar-refractivity contribution in [2.24, 2.45) is 5.92 Å². The first-order valence-corrected chi connectivity index (χ1v) is 13.1. The minimum Gasteiger partial charge on any atom is -0.493 e. The molecule has 1 unspecified atom stereocenters. The molecule has 0 N–H and O–H groups in total. The molecule has 31 heavy (non-hydrogen) atoms. The van der Waals surface area contributed by atoms with Crippen LogP contribution in [0.3, 0.4) is 0 Å². The Hall–Kier alpha value is -0.860. The number of fused-ring (bicyclic) bond motifs is 1. The van der Waals surface area contributed by atoms with Gasteiger partial charge in [0.1, 0.15) is 5.75 Å². The zero-order chi connectivity index (χ0) is 21.1. The second-order valence-electron chi connectivity index (χ2n) is 9.14. The van der Waals surface area contributed by atoms with Gasteiger partial charge in [0.15, 0.2) is 0 Å². The van der Waals surface area contributed by atoms with Crippen LogP contribution in [0.5, 0.6) is 5.75 Å². The van der Waals surface area contributed by atoms with E-state index in [1.54, 1.807) is 8.61 Å². The Labute approximate surface area is 194 Å². The molecule has 0 aliphatic carbocycles. The van der Waals surface area contributed by atoms with E-state index in [0.717, 1.165) is 64.0 Å². The van der Waals surface area contributed by atoms with Crippen LogP contribution < -0.4 is 4.74 Å². The maximum absolute atomic E-state index is 12.8. The van der Waals surface area contributed by atoms with Crippen LogP contribution in [0.25, 0.3) is 0 Å². The van der Waals surface area contributed by atoms with Gasteiger partial charge in [-0.05, 0) is 68.7 Å². The predicted molar refractivity (Wildman–Crippen MR) is 127 cm³/mol. The molecule has 4 rings (SSSR count). The van der Waals surface area contributed by atoms with Crippen molar-refractivity contribution in [1.29, 1.82) is 0 Å². The number of benzene rings is 1. The monoisotopic (exact) mass is 471 g/mol. The Morgan fingerprint density at radius 1 is 1.13 bits per heavy atom. The largest absolute Gasteiger partial charge is 0.493 e. The third-order valence-electron chi connectivity index (χ3n) is 7.10. The molecule has 3 aliphatic heterocycles. The van der Waals surface area contributed by atoms with Crippen molar-refractivity contribution in [3.63, 3.8) is 0 Å². The highest BCUT2D eigenvalue weighted by Crippen LogP contribution is 2.28. The fourth-order valence-electron chi connectivity index (χ4n) is 5.19. The van der Waals surface area contributed by atoms with Crippen molar-refractivity contribution in [3.05, 3.63) is 29.3 Å². The van der Waals surface area contributed by atoms with Crippen LogP contribution >= 0.6 is 12.4 Å². The molecule has 6 nitrogen and oxygen atoms in total. The van der Waals surface area contributed by atoms with Crippen molar-refractivity contribution < 1.29 is 13.2 Å². The van der Waals surface area contributed by atoms with Gasteiger partial charge in [-0.15, -0.1) is 12.4 Å². The summed E-state index contributed by atoms with van der Waals surface area (Å²) in [4.78, 5) is 2.57. The van der Waals surface area contributed by atoms with Gasteiger partial charge in [-0.25, -0.2) is 0 Å². The van der Waals surface area contributed by atoms with Crippen LogP contribution in [0, 0.1) is 5.92 Å². The van der Waals surface area contributed by atoms with E-state index in [-0.39, 0.29) is 12.4 Å². The molecule has 0 amide bonds. The SMILES string of the molecule is CCN(CC1CCN(S(=O)(=O)N2CCCC2)CC1)C(C)Cc1ccc2c(c1)CCO2.Cl. The number of nitrogens with zero attached hydrogens (tertiary/aromatic N) is 3. The molecular formula is C23H38ClN3O3S. The fourth-order valence-corrected chi connectivity index (χ4v) is 6.91. The highest BCUT2D eigenvalue weighted by Gasteiger charge is 2.34. The zero-order valence-corrected chi connectivity index (χ0v) is 20.6. The summed E-state index contributed by atoms with van der Waals surface area (Å²) in [7, 11) is -3.24. The molecule has 176 valence electrons. The molecule has 0 bridgehead atoms. The zero-order valence-electron chi connectivity index (χ0n) is 19.0. The van der Waals surface area contributed by atoms with Crippen molar-refractivity contribution in [2.75, 3.05) is 45.9 Å². The van der Waals surface area contributed by atoms with Gasteiger partial charge in [-0.3, -0.25) is 0 Å². The lowest BCUT2D eigenvalue weighted by Gasteiger charge is -2.37. The molecule has 0 radical (unpaired) electrons. The standard InChI is InChI=1S/C23H37N3O3S.ClH/c1-3-24(19(2)16-21-6-7-23-22(17-21)10-15-29-23)18-20-8-13-26(14-9-20)30(27,28)25-11-4-5-12-25;/h6-7,17,19-20H,3-5,8-16,18H2,1-2H3;1H. The lowest BCUT2D eigenvalue weighted by atomic mass is 9.96. The molecule has 3 aliphatic rings. The normalized spacial score (nSPS) is 21.6. The molecular weight excluding hydrogens is 434 g/mol. The Bertz CT molecular complexity index is 821. The summed E-state index contributed by atoms with van der Waals surface area (Å²) in [6.07, 6.45) is 5.99. The fraction of sp³-hybridized carbons (Fsp3) is 0.739. The van der Waals surface area contributed by atoms with E-state index in [4.69, 9.17) is 4.74 Å². The number of likely N-dealkylation sites (N-methyl/N-ethyl adjacent to an activating group) is 1. The molecule has 0 saturated carbocycles. The Balaban J connectivity index is 0.00000272. The van der Waals surface area contributed by atoms with Crippen LogP contribution in [-0.4, -0.2) is 73.8 Å². The number of hydrogen-bond acceptors (Lipinski definition) is 4. The van der Waals surface area contributed by atoms with E-state index in [2.05, 4.69) is 36.9 Å². The molecule has 2 fully saturated rings. The summed E-state index contributed by atoms with van der Waals surface area (Å²) in [5, 5.41) is 0. The molecule has 1 aromatic carbocycles. The third kappa shape index (κ3) is 5.74. The summed E-state index contributed by atoms with van der Waals surface area (Å²) < 4.78 is 34.6. The summed E-state index contributed by atoms with van der Waals surface area (Å²) in [5.74, 6) is 1.63. The van der Waals surface area contributed by atoms with Gasteiger partial charge in [-0.2, -0.15) is 17.0 Å². The van der Waals surface area contributed by atoms with Crippen LogP contribution in [0.2, 0.25) is 0 Å². The maximum atomic E-state index is 12.8. The topological polar surface area (TPSA) is 53.1 Å². The van der Waals surface area contributed by atoms with E-state index in [0.29, 0.717) is 38.1 Å². The van der Waals surface area contributed by atoms with Crippen LogP contribution in [-0.2, 0) is 23.1 Å². The van der Waals surface area contributed by atoms with Crippen molar-refractivity contribution >= 4 is 22.6 Å². The predicted octanol–water partition coefficient (Wildman–Crippen LogP) is 3.35. The van der Waals surface area contributed by atoms with E-state index < -0.39 is 10.2 Å². The van der Waals surface area contributed by atoms with Gasteiger partial charge in [0.2, 0.25) is 0 Å². The first-order chi connectivity index (χ1) is 14.5. The van der Waals surface area contributed by atoms with Crippen LogP contribution in [0.1, 0.15) is 50.7 Å². The first-order valence-electron chi connectivity index (χ1n) is 11.7. The lowest BCUT2D eigenvalue weighted by Crippen LogP contribution is -2.48. The van der Waals surface area contributed by atoms with Crippen molar-refractivity contribution in [1.82, 2.24) is 13.5 Å². The highest BCUT2D eigenvalue weighted by molar-refractivity contribution is 7.86. The van der Waals surface area contributed by atoms with Crippen molar-refractivity contribution in [3.8, 4) is 5.75 Å². The second-order valence-corrected chi connectivity index (χ2v) is 11.1. The van der Waals surface area contributed by atoms with Crippen LogP contribution in [0.4, 0.5) is 0 Å². The van der Waals surface area contributed by atoms with E-state index in [9.17, 15) is 8.42 Å². The quantitative estimate of drug-likeness (QED) is 0.583. The Kier molecular flexibility index (Phi) is 8.66. The smallest absolute Gasteiger partial charge is 0.281 e. The summed E-state index contributed by atoms with van der Waals surface area (Å²) >= 11 is 0. The van der Waals surface area contributed by atoms with Gasteiger partial charge in [0.25, 0.3) is 10.2 Å². The number of rotatable bonds is 8. The molecule has 0 aromatic heterocycles. The first kappa shape index (κ1) is 24.8. The van der Waals surface area contributed by atoms with Crippen molar-refractivity contribution in [2.45, 2.75) is 58.4 Å². The number of hydrogen-bond donors (Lipinski definition) is 0. The minimum atomic E-state index is -3.24. The number of halogens is 1. The average Bonchev–Trinajstić information content (AvgIpc) is 3.44. The Morgan fingerprint density at radius 3 is 2.48 bits per heavy atom. The third-order valence-corrected chi connectivity index (χ3v) is 9.13. The van der Waals surface area contributed by atoms with E-state index in [1.807, 2.05) is 0 Å². The molecule has 2 saturated heterocycles. The van der Waals surface area contributed by atoms with Gasteiger partial charge in [0, 0.05) is 45.2 Å². The van der Waals surface area contributed by atoms with Gasteiger partial charge in [0.05, 0.1) is 6.61 Å². The molecule has 1 atom stereocenters. The lowest BCUT2D eigenvalue weighted by molar-refractivity contribution is 0.150. The Morgan fingerprint density at radius 2 is 1.81 bits per heavy atom. The molecule has 8 heteroatoms. The second kappa shape index (κ2) is 10.8. The molecule has 0 spiro atoms. The maximum Gasteiger partial charge on any atom is 0.281 e. The summed E-state index contributed by atoms with van der Waals surface area (Å²) in [5.41, 5.74) is 2.73. The molecule has 3 heterocycles. The van der Waals surface area contributed by atoms with Crippen LogP contribution in [0.15, 0.2) is 18.2 Å². The molecule has 1 aromatic rings. The average molecular weight is 472 g/mol. The van der Waals surface area contributed by atoms with E-state index in [1.165, 1.54) is 11.1 Å².